The predicted molar refractivity (Wildman–Crippen MR) is 84.3 cm³/mol. The third kappa shape index (κ3) is 8.94. The molecule has 114 valence electrons. The van der Waals surface area contributed by atoms with Gasteiger partial charge in [0.25, 0.3) is 0 Å². The molecular formula is C17H29NO2. The zero-order valence-corrected chi connectivity index (χ0v) is 13.3. The minimum atomic E-state index is 0.202. The maximum Gasteiger partial charge on any atom is 0.119 e. The Morgan fingerprint density at radius 2 is 1.80 bits per heavy atom. The zero-order chi connectivity index (χ0) is 14.8. The van der Waals surface area contributed by atoms with Crippen molar-refractivity contribution in [2.75, 3.05) is 19.8 Å². The van der Waals surface area contributed by atoms with Crippen molar-refractivity contribution < 1.29 is 9.47 Å². The molecule has 0 amide bonds. The second kappa shape index (κ2) is 8.98. The van der Waals surface area contributed by atoms with E-state index in [1.54, 1.807) is 0 Å². The van der Waals surface area contributed by atoms with Crippen LogP contribution >= 0.6 is 0 Å². The molecule has 1 unspecified atom stereocenters. The summed E-state index contributed by atoms with van der Waals surface area (Å²) in [6, 6.07) is 9.85. The van der Waals surface area contributed by atoms with E-state index >= 15 is 0 Å². The van der Waals surface area contributed by atoms with Crippen LogP contribution in [-0.2, 0) is 4.74 Å². The summed E-state index contributed by atoms with van der Waals surface area (Å²) < 4.78 is 11.3. The molecular weight excluding hydrogens is 250 g/mol. The van der Waals surface area contributed by atoms with Gasteiger partial charge in [-0.05, 0) is 59.2 Å². The number of rotatable bonds is 9. The topological polar surface area (TPSA) is 30.5 Å². The highest BCUT2D eigenvalue weighted by Crippen LogP contribution is 2.08. The van der Waals surface area contributed by atoms with Gasteiger partial charge < -0.3 is 14.8 Å². The van der Waals surface area contributed by atoms with Crippen LogP contribution in [0.2, 0.25) is 0 Å². The molecule has 0 aromatic heterocycles. The summed E-state index contributed by atoms with van der Waals surface area (Å²) in [5.41, 5.74) is 0.202. The average Bonchev–Trinajstić information content (AvgIpc) is 2.40. The molecule has 3 nitrogen and oxygen atoms in total. The molecule has 0 aliphatic carbocycles. The molecule has 1 aromatic carbocycles. The van der Waals surface area contributed by atoms with Gasteiger partial charge in [-0.15, -0.1) is 0 Å². The van der Waals surface area contributed by atoms with Crippen molar-refractivity contribution in [2.45, 2.75) is 52.2 Å². The lowest BCUT2D eigenvalue weighted by molar-refractivity contribution is 0.0386. The first-order chi connectivity index (χ1) is 9.47. The number of hydrogen-bond donors (Lipinski definition) is 1. The van der Waals surface area contributed by atoms with Gasteiger partial charge in [-0.25, -0.2) is 0 Å². The van der Waals surface area contributed by atoms with E-state index in [4.69, 9.17) is 9.47 Å². The summed E-state index contributed by atoms with van der Waals surface area (Å²) >= 11 is 0. The molecule has 1 N–H and O–H groups in total. The molecule has 20 heavy (non-hydrogen) atoms. The van der Waals surface area contributed by atoms with Crippen LogP contribution in [0.5, 0.6) is 5.75 Å². The Morgan fingerprint density at radius 1 is 1.10 bits per heavy atom. The molecule has 1 atom stereocenters. The van der Waals surface area contributed by atoms with Crippen molar-refractivity contribution >= 4 is 0 Å². The Labute approximate surface area is 123 Å². The Kier molecular flexibility index (Phi) is 7.63. The highest BCUT2D eigenvalue weighted by molar-refractivity contribution is 5.20. The van der Waals surface area contributed by atoms with Crippen LogP contribution in [0.25, 0.3) is 0 Å². The van der Waals surface area contributed by atoms with Crippen molar-refractivity contribution in [2.24, 2.45) is 0 Å². The molecule has 0 spiro atoms. The van der Waals surface area contributed by atoms with Crippen LogP contribution in [0.3, 0.4) is 0 Å². The Hall–Kier alpha value is -1.06. The van der Waals surface area contributed by atoms with Gasteiger partial charge in [0.15, 0.2) is 0 Å². The van der Waals surface area contributed by atoms with E-state index in [2.05, 4.69) is 33.0 Å². The van der Waals surface area contributed by atoms with Gasteiger partial charge in [-0.3, -0.25) is 0 Å². The summed E-state index contributed by atoms with van der Waals surface area (Å²) in [5, 5.41) is 3.49. The molecule has 0 bridgehead atoms. The Bertz CT molecular complexity index is 346. The van der Waals surface area contributed by atoms with Gasteiger partial charge in [0, 0.05) is 5.54 Å². The van der Waals surface area contributed by atoms with Crippen LogP contribution in [0.15, 0.2) is 30.3 Å². The van der Waals surface area contributed by atoms with E-state index in [0.29, 0.717) is 13.2 Å². The number of hydrogen-bond acceptors (Lipinski definition) is 3. The number of para-hydroxylation sites is 1. The monoisotopic (exact) mass is 279 g/mol. The third-order valence-corrected chi connectivity index (χ3v) is 2.94. The van der Waals surface area contributed by atoms with Crippen LogP contribution in [0.4, 0.5) is 0 Å². The molecule has 0 aliphatic heterocycles. The highest BCUT2D eigenvalue weighted by Gasteiger charge is 2.08. The van der Waals surface area contributed by atoms with Crippen molar-refractivity contribution in [3.63, 3.8) is 0 Å². The summed E-state index contributed by atoms with van der Waals surface area (Å²) in [4.78, 5) is 0. The van der Waals surface area contributed by atoms with Crippen LogP contribution in [-0.4, -0.2) is 31.4 Å². The third-order valence-electron chi connectivity index (χ3n) is 2.94. The van der Waals surface area contributed by atoms with E-state index in [-0.39, 0.29) is 11.6 Å². The van der Waals surface area contributed by atoms with E-state index in [1.807, 2.05) is 30.3 Å². The molecule has 1 aromatic rings. The second-order valence-electron chi connectivity index (χ2n) is 6.16. The average molecular weight is 279 g/mol. The number of nitrogens with one attached hydrogen (secondary N) is 1. The Balaban J connectivity index is 1.99. The Morgan fingerprint density at radius 3 is 2.45 bits per heavy atom. The summed E-state index contributed by atoms with van der Waals surface area (Å²) in [5.74, 6) is 0.901. The standard InChI is InChI=1S/C17H29NO2/c1-15(9-8-12-18-17(2,3)4)19-13-14-20-16-10-6-5-7-11-16/h5-7,10-11,15,18H,8-9,12-14H2,1-4H3. The first-order valence-electron chi connectivity index (χ1n) is 7.52. The minimum Gasteiger partial charge on any atom is -0.491 e. The SMILES string of the molecule is CC(CCCNC(C)(C)C)OCCOc1ccccc1. The lowest BCUT2D eigenvalue weighted by Crippen LogP contribution is -2.36. The molecule has 0 heterocycles. The molecule has 0 aliphatic rings. The van der Waals surface area contributed by atoms with Crippen molar-refractivity contribution in [1.29, 1.82) is 0 Å². The fourth-order valence-electron chi connectivity index (χ4n) is 1.86. The largest absolute Gasteiger partial charge is 0.491 e. The van der Waals surface area contributed by atoms with E-state index in [9.17, 15) is 0 Å². The van der Waals surface area contributed by atoms with E-state index in [0.717, 1.165) is 25.1 Å². The van der Waals surface area contributed by atoms with Crippen LogP contribution < -0.4 is 10.1 Å². The molecule has 0 saturated carbocycles. The lowest BCUT2D eigenvalue weighted by Gasteiger charge is -2.21. The van der Waals surface area contributed by atoms with E-state index < -0.39 is 0 Å². The fraction of sp³-hybridized carbons (Fsp3) is 0.647. The molecule has 0 radical (unpaired) electrons. The van der Waals surface area contributed by atoms with Crippen molar-refractivity contribution in [3.05, 3.63) is 30.3 Å². The highest BCUT2D eigenvalue weighted by atomic mass is 16.5. The zero-order valence-electron chi connectivity index (χ0n) is 13.3. The fourth-order valence-corrected chi connectivity index (χ4v) is 1.86. The maximum absolute atomic E-state index is 5.74. The van der Waals surface area contributed by atoms with Crippen molar-refractivity contribution in [3.8, 4) is 5.75 Å². The maximum atomic E-state index is 5.74. The number of ether oxygens (including phenoxy) is 2. The van der Waals surface area contributed by atoms with Crippen LogP contribution in [0, 0.1) is 0 Å². The van der Waals surface area contributed by atoms with Gasteiger partial charge >= 0.3 is 0 Å². The van der Waals surface area contributed by atoms with Crippen LogP contribution in [0.1, 0.15) is 40.5 Å². The first-order valence-corrected chi connectivity index (χ1v) is 7.52. The number of benzene rings is 1. The second-order valence-corrected chi connectivity index (χ2v) is 6.16. The van der Waals surface area contributed by atoms with Gasteiger partial charge in [0.1, 0.15) is 12.4 Å². The normalized spacial score (nSPS) is 13.2. The summed E-state index contributed by atoms with van der Waals surface area (Å²) in [6.07, 6.45) is 2.50. The molecule has 3 heteroatoms. The first kappa shape index (κ1) is 17.0. The molecule has 0 fully saturated rings. The van der Waals surface area contributed by atoms with E-state index in [1.165, 1.54) is 0 Å². The van der Waals surface area contributed by atoms with Gasteiger partial charge in [0.2, 0.25) is 0 Å². The summed E-state index contributed by atoms with van der Waals surface area (Å²) in [7, 11) is 0. The van der Waals surface area contributed by atoms with Crippen molar-refractivity contribution in [1.82, 2.24) is 5.32 Å². The van der Waals surface area contributed by atoms with Gasteiger partial charge in [-0.2, -0.15) is 0 Å². The van der Waals surface area contributed by atoms with Gasteiger partial charge in [-0.1, -0.05) is 18.2 Å². The summed E-state index contributed by atoms with van der Waals surface area (Å²) in [6.45, 7) is 11.0. The van der Waals surface area contributed by atoms with Gasteiger partial charge in [0.05, 0.1) is 12.7 Å². The predicted octanol–water partition coefficient (Wildman–Crippen LogP) is 3.64. The lowest BCUT2D eigenvalue weighted by atomic mass is 10.1. The minimum absolute atomic E-state index is 0.202. The molecule has 0 saturated heterocycles. The smallest absolute Gasteiger partial charge is 0.119 e. The quantitative estimate of drug-likeness (QED) is 0.700. The molecule has 1 rings (SSSR count).